The molecular weight excluding hydrogens is 320 g/mol. The summed E-state index contributed by atoms with van der Waals surface area (Å²) in [5.41, 5.74) is 1.66. The summed E-state index contributed by atoms with van der Waals surface area (Å²) in [5.74, 6) is 3.13. The van der Waals surface area contributed by atoms with Crippen LogP contribution in [0.1, 0.15) is 42.8 Å². The van der Waals surface area contributed by atoms with Gasteiger partial charge in [-0.25, -0.2) is 0 Å². The molecule has 8 heteroatoms. The average Bonchev–Trinajstić information content (AvgIpc) is 3.05. The average molecular weight is 336 g/mol. The minimum absolute atomic E-state index is 0.501. The quantitative estimate of drug-likeness (QED) is 0.576. The van der Waals surface area contributed by atoms with E-state index in [0.717, 1.165) is 23.1 Å². The van der Waals surface area contributed by atoms with Gasteiger partial charge in [0.05, 0.1) is 5.52 Å². The van der Waals surface area contributed by atoms with Gasteiger partial charge in [-0.15, -0.1) is 0 Å². The Morgan fingerprint density at radius 2 is 1.80 bits per heavy atom. The van der Waals surface area contributed by atoms with E-state index >= 15 is 0 Å². The number of para-hydroxylation sites is 1. The first-order valence-electron chi connectivity index (χ1n) is 8.45. The van der Waals surface area contributed by atoms with E-state index in [0.29, 0.717) is 42.1 Å². The fraction of sp³-hybridized carbons (Fsp3) is 0.353. The summed E-state index contributed by atoms with van der Waals surface area (Å²) in [5, 5.41) is 16.3. The third-order valence-corrected chi connectivity index (χ3v) is 4.36. The van der Waals surface area contributed by atoms with Crippen LogP contribution in [0.2, 0.25) is 0 Å². The van der Waals surface area contributed by atoms with Crippen molar-refractivity contribution in [3.05, 3.63) is 41.9 Å². The molecule has 5 rings (SSSR count). The van der Waals surface area contributed by atoms with Crippen LogP contribution >= 0.6 is 0 Å². The van der Waals surface area contributed by atoms with Crippen LogP contribution in [-0.4, -0.2) is 30.5 Å². The van der Waals surface area contributed by atoms with Crippen molar-refractivity contribution in [1.29, 1.82) is 0 Å². The lowest BCUT2D eigenvalue weighted by atomic mass is 10.2. The lowest BCUT2D eigenvalue weighted by molar-refractivity contribution is 0.357. The molecule has 4 aromatic rings. The number of rotatable bonds is 6. The Balaban J connectivity index is 1.25. The normalized spacial score (nSPS) is 14.4. The van der Waals surface area contributed by atoms with E-state index in [2.05, 4.69) is 30.5 Å². The molecule has 0 unspecified atom stereocenters. The predicted molar refractivity (Wildman–Crippen MR) is 87.7 cm³/mol. The maximum Gasteiger partial charge on any atom is 0.227 e. The first-order valence-corrected chi connectivity index (χ1v) is 8.45. The highest BCUT2D eigenvalue weighted by Gasteiger charge is 2.28. The molecule has 0 spiro atoms. The smallest absolute Gasteiger partial charge is 0.227 e. The molecule has 0 aliphatic heterocycles. The molecule has 3 heterocycles. The minimum Gasteiger partial charge on any atom is -0.339 e. The van der Waals surface area contributed by atoms with Crippen LogP contribution in [0, 0.1) is 0 Å². The Kier molecular flexibility index (Phi) is 3.32. The molecule has 0 atom stereocenters. The molecule has 25 heavy (non-hydrogen) atoms. The molecule has 1 fully saturated rings. The summed E-state index contributed by atoms with van der Waals surface area (Å²) in [4.78, 5) is 8.88. The summed E-state index contributed by atoms with van der Waals surface area (Å²) in [7, 11) is 0. The molecule has 0 saturated heterocycles. The van der Waals surface area contributed by atoms with Gasteiger partial charge >= 0.3 is 0 Å². The fourth-order valence-electron chi connectivity index (χ4n) is 2.85. The molecule has 1 aromatic carbocycles. The van der Waals surface area contributed by atoms with Crippen molar-refractivity contribution in [2.75, 3.05) is 0 Å². The van der Waals surface area contributed by atoms with Gasteiger partial charge in [-0.3, -0.25) is 5.10 Å². The van der Waals surface area contributed by atoms with Gasteiger partial charge in [-0.2, -0.15) is 15.1 Å². The highest BCUT2D eigenvalue weighted by molar-refractivity contribution is 5.90. The van der Waals surface area contributed by atoms with Crippen LogP contribution in [-0.2, 0) is 12.8 Å². The van der Waals surface area contributed by atoms with Crippen molar-refractivity contribution < 1.29 is 9.05 Å². The topological polar surface area (TPSA) is 107 Å². The van der Waals surface area contributed by atoms with E-state index < -0.39 is 0 Å². The van der Waals surface area contributed by atoms with Crippen molar-refractivity contribution in [3.63, 3.8) is 0 Å². The Hall–Kier alpha value is -3.03. The molecule has 0 radical (unpaired) electrons. The number of aromatic amines is 1. The highest BCUT2D eigenvalue weighted by atomic mass is 16.5. The van der Waals surface area contributed by atoms with Crippen LogP contribution in [0.5, 0.6) is 0 Å². The van der Waals surface area contributed by atoms with Gasteiger partial charge in [0.1, 0.15) is 5.69 Å². The lowest BCUT2D eigenvalue weighted by Gasteiger charge is -1.91. The summed E-state index contributed by atoms with van der Waals surface area (Å²) >= 11 is 0. The van der Waals surface area contributed by atoms with E-state index in [9.17, 15) is 0 Å². The molecule has 3 aromatic heterocycles. The van der Waals surface area contributed by atoms with Gasteiger partial charge in [0.25, 0.3) is 0 Å². The molecule has 0 bridgehead atoms. The third-order valence-electron chi connectivity index (χ3n) is 4.36. The molecule has 1 aliphatic rings. The van der Waals surface area contributed by atoms with Crippen LogP contribution < -0.4 is 0 Å². The van der Waals surface area contributed by atoms with Crippen LogP contribution in [0.15, 0.2) is 33.3 Å². The van der Waals surface area contributed by atoms with Gasteiger partial charge in [-0.05, 0) is 25.3 Å². The molecular formula is C17H16N6O2. The number of H-pyrrole nitrogens is 1. The van der Waals surface area contributed by atoms with Crippen LogP contribution in [0.25, 0.3) is 22.4 Å². The minimum atomic E-state index is 0.501. The second-order valence-electron chi connectivity index (χ2n) is 6.30. The highest BCUT2D eigenvalue weighted by Crippen LogP contribution is 2.38. The lowest BCUT2D eigenvalue weighted by Crippen LogP contribution is -1.91. The molecule has 1 aliphatic carbocycles. The number of nitrogens with zero attached hydrogens (tertiary/aromatic N) is 5. The first kappa shape index (κ1) is 14.3. The standard InChI is InChI=1S/C17H16N6O2/c1-2-5-12-11(4-1)15(21-20-12)17-19-14(25-23-17)7-3-6-13-18-16(22-24-13)10-8-9-10/h1-2,4-5,10H,3,6-9H2,(H,20,21). The maximum atomic E-state index is 5.35. The van der Waals surface area contributed by atoms with Crippen LogP contribution in [0.4, 0.5) is 0 Å². The van der Waals surface area contributed by atoms with Crippen molar-refractivity contribution in [2.24, 2.45) is 0 Å². The number of hydrogen-bond acceptors (Lipinski definition) is 7. The van der Waals surface area contributed by atoms with Crippen molar-refractivity contribution in [2.45, 2.75) is 38.0 Å². The van der Waals surface area contributed by atoms with E-state index in [1.807, 2.05) is 24.3 Å². The summed E-state index contributed by atoms with van der Waals surface area (Å²) in [6.07, 6.45) is 4.53. The number of benzene rings is 1. The number of nitrogens with one attached hydrogen (secondary N) is 1. The Morgan fingerprint density at radius 3 is 2.68 bits per heavy atom. The molecule has 1 N–H and O–H groups in total. The van der Waals surface area contributed by atoms with Gasteiger partial charge in [-0.1, -0.05) is 28.5 Å². The van der Waals surface area contributed by atoms with Gasteiger partial charge in [0.15, 0.2) is 5.82 Å². The zero-order chi connectivity index (χ0) is 16.6. The second kappa shape index (κ2) is 5.80. The summed E-state index contributed by atoms with van der Waals surface area (Å²) < 4.78 is 10.6. The number of aryl methyl sites for hydroxylation is 2. The SMILES string of the molecule is c1ccc2c(-c3noc(CCCc4nc(C5CC5)no4)n3)n[nH]c2c1. The van der Waals surface area contributed by atoms with Gasteiger partial charge in [0, 0.05) is 24.1 Å². The first-order chi connectivity index (χ1) is 12.4. The zero-order valence-electron chi connectivity index (χ0n) is 13.5. The molecule has 8 nitrogen and oxygen atoms in total. The van der Waals surface area contributed by atoms with E-state index in [-0.39, 0.29) is 0 Å². The molecule has 126 valence electrons. The summed E-state index contributed by atoms with van der Waals surface area (Å²) in [6, 6.07) is 7.87. The van der Waals surface area contributed by atoms with Crippen LogP contribution in [0.3, 0.4) is 0 Å². The summed E-state index contributed by atoms with van der Waals surface area (Å²) in [6.45, 7) is 0. The van der Waals surface area contributed by atoms with E-state index in [4.69, 9.17) is 9.05 Å². The van der Waals surface area contributed by atoms with Gasteiger partial charge < -0.3 is 9.05 Å². The van der Waals surface area contributed by atoms with Gasteiger partial charge in [0.2, 0.25) is 17.6 Å². The Labute approximate surface area is 142 Å². The predicted octanol–water partition coefficient (Wildman–Crippen LogP) is 3.05. The van der Waals surface area contributed by atoms with E-state index in [1.54, 1.807) is 0 Å². The molecule has 1 saturated carbocycles. The maximum absolute atomic E-state index is 5.35. The Bertz CT molecular complexity index is 1010. The third kappa shape index (κ3) is 2.79. The zero-order valence-corrected chi connectivity index (χ0v) is 13.5. The Morgan fingerprint density at radius 1 is 1.00 bits per heavy atom. The number of hydrogen-bond donors (Lipinski definition) is 1. The fourth-order valence-corrected chi connectivity index (χ4v) is 2.85. The van der Waals surface area contributed by atoms with Crippen molar-refractivity contribution in [3.8, 4) is 11.5 Å². The van der Waals surface area contributed by atoms with E-state index in [1.165, 1.54) is 12.8 Å². The van der Waals surface area contributed by atoms with Crippen molar-refractivity contribution in [1.82, 2.24) is 30.5 Å². The van der Waals surface area contributed by atoms with Crippen molar-refractivity contribution >= 4 is 10.9 Å². The number of fused-ring (bicyclic) bond motifs is 1. The largest absolute Gasteiger partial charge is 0.339 e. The monoisotopic (exact) mass is 336 g/mol. The second-order valence-corrected chi connectivity index (χ2v) is 6.30. The molecule has 0 amide bonds. The number of aromatic nitrogens is 6.